The van der Waals surface area contributed by atoms with Crippen LogP contribution in [0.2, 0.25) is 0 Å². The molecule has 5 heteroatoms. The number of rotatable bonds is 1. The maximum absolute atomic E-state index is 5.05. The van der Waals surface area contributed by atoms with Gasteiger partial charge in [-0.05, 0) is 40.5 Å². The fourth-order valence-corrected chi connectivity index (χ4v) is 6.14. The largest absolute Gasteiger partial charge is 0.275 e. The number of hydrogen-bond acceptors (Lipinski definition) is 4. The summed E-state index contributed by atoms with van der Waals surface area (Å²) in [7, 11) is 0. The quantitative estimate of drug-likeness (QED) is 0.264. The first-order valence-corrected chi connectivity index (χ1v) is 12.2. The second-order valence-electron chi connectivity index (χ2n) is 10.0. The molecule has 7 aromatic rings. The lowest BCUT2D eigenvalue weighted by Crippen LogP contribution is -2.17. The SMILES string of the molecule is CC1(C)c2ccccc2-c2ccc3c4ccc5nccnc5c4n(-c4ncc5ccccc5n4)c3c21. The Kier molecular flexibility index (Phi) is 3.67. The van der Waals surface area contributed by atoms with E-state index in [1.807, 2.05) is 30.5 Å². The summed E-state index contributed by atoms with van der Waals surface area (Å²) in [6, 6.07) is 25.6. The van der Waals surface area contributed by atoms with Crippen LogP contribution in [0.5, 0.6) is 0 Å². The fraction of sp³-hybridized carbons (Fsp3) is 0.0968. The van der Waals surface area contributed by atoms with E-state index >= 15 is 0 Å². The highest BCUT2D eigenvalue weighted by Crippen LogP contribution is 2.53. The average molecular weight is 464 g/mol. The van der Waals surface area contributed by atoms with E-state index in [0.29, 0.717) is 5.95 Å². The maximum atomic E-state index is 5.05. The molecule has 3 aromatic heterocycles. The molecule has 1 aliphatic rings. The number of fused-ring (bicyclic) bond motifs is 10. The summed E-state index contributed by atoms with van der Waals surface area (Å²) in [6.45, 7) is 4.64. The van der Waals surface area contributed by atoms with Gasteiger partial charge in [-0.2, -0.15) is 0 Å². The van der Waals surface area contributed by atoms with Gasteiger partial charge in [0.15, 0.2) is 0 Å². The van der Waals surface area contributed by atoms with Gasteiger partial charge in [0.1, 0.15) is 5.52 Å². The molecule has 0 aliphatic heterocycles. The van der Waals surface area contributed by atoms with Crippen LogP contribution in [-0.4, -0.2) is 24.5 Å². The van der Waals surface area contributed by atoms with Crippen LogP contribution in [0, 0.1) is 0 Å². The van der Waals surface area contributed by atoms with Crippen LogP contribution < -0.4 is 0 Å². The minimum Gasteiger partial charge on any atom is -0.275 e. The van der Waals surface area contributed by atoms with Crippen LogP contribution in [0.25, 0.3) is 60.8 Å². The van der Waals surface area contributed by atoms with Crippen molar-refractivity contribution in [3.05, 3.63) is 103 Å². The molecule has 36 heavy (non-hydrogen) atoms. The van der Waals surface area contributed by atoms with Gasteiger partial charge in [-0.1, -0.05) is 68.4 Å². The van der Waals surface area contributed by atoms with E-state index in [4.69, 9.17) is 15.0 Å². The molecule has 3 heterocycles. The molecule has 0 unspecified atom stereocenters. The molecule has 0 radical (unpaired) electrons. The maximum Gasteiger partial charge on any atom is 0.235 e. The van der Waals surface area contributed by atoms with E-state index in [0.717, 1.165) is 38.4 Å². The number of hydrogen-bond donors (Lipinski definition) is 0. The van der Waals surface area contributed by atoms with Gasteiger partial charge in [-0.15, -0.1) is 0 Å². The van der Waals surface area contributed by atoms with Crippen molar-refractivity contribution >= 4 is 43.7 Å². The highest BCUT2D eigenvalue weighted by Gasteiger charge is 2.38. The van der Waals surface area contributed by atoms with Crippen LogP contribution >= 0.6 is 0 Å². The van der Waals surface area contributed by atoms with Gasteiger partial charge < -0.3 is 0 Å². The van der Waals surface area contributed by atoms with Crippen LogP contribution in [-0.2, 0) is 5.41 Å². The summed E-state index contributed by atoms with van der Waals surface area (Å²) in [5.41, 5.74) is 9.76. The Balaban J connectivity index is 1.62. The molecule has 0 bridgehead atoms. The Morgan fingerprint density at radius 2 is 1.44 bits per heavy atom. The van der Waals surface area contributed by atoms with Crippen molar-refractivity contribution in [2.75, 3.05) is 0 Å². The number of benzene rings is 4. The lowest BCUT2D eigenvalue weighted by atomic mass is 9.81. The topological polar surface area (TPSA) is 56.5 Å². The standard InChI is InChI=1S/C31H21N5/c1-31(2)23-9-5-4-8-19(23)20-11-12-21-22-13-14-25-27(33-16-15-32-25)29(22)36(28(21)26(20)31)30-34-17-18-7-3-6-10-24(18)35-30/h3-17H,1-2H3. The van der Waals surface area contributed by atoms with Gasteiger partial charge in [0.25, 0.3) is 0 Å². The van der Waals surface area contributed by atoms with Crippen molar-refractivity contribution in [2.24, 2.45) is 0 Å². The minimum absolute atomic E-state index is 0.185. The van der Waals surface area contributed by atoms with Crippen molar-refractivity contribution in [3.8, 4) is 17.1 Å². The summed E-state index contributed by atoms with van der Waals surface area (Å²) in [4.78, 5) is 19.3. The smallest absolute Gasteiger partial charge is 0.235 e. The van der Waals surface area contributed by atoms with E-state index < -0.39 is 0 Å². The Morgan fingerprint density at radius 1 is 0.667 bits per heavy atom. The summed E-state index contributed by atoms with van der Waals surface area (Å²) < 4.78 is 2.22. The predicted molar refractivity (Wildman–Crippen MR) is 145 cm³/mol. The molecule has 0 N–H and O–H groups in total. The van der Waals surface area contributed by atoms with Crippen molar-refractivity contribution < 1.29 is 0 Å². The normalized spacial score (nSPS) is 14.1. The number of nitrogens with zero attached hydrogens (tertiary/aromatic N) is 5. The molecule has 0 spiro atoms. The molecule has 0 fully saturated rings. The van der Waals surface area contributed by atoms with Gasteiger partial charge in [-0.25, -0.2) is 9.97 Å². The van der Waals surface area contributed by atoms with Crippen LogP contribution in [0.1, 0.15) is 25.0 Å². The third-order valence-corrected chi connectivity index (χ3v) is 7.72. The van der Waals surface area contributed by atoms with Crippen molar-refractivity contribution in [3.63, 3.8) is 0 Å². The zero-order valence-corrected chi connectivity index (χ0v) is 19.9. The van der Waals surface area contributed by atoms with E-state index in [2.05, 4.69) is 71.9 Å². The first-order chi connectivity index (χ1) is 17.6. The molecule has 4 aromatic carbocycles. The summed E-state index contributed by atoms with van der Waals surface area (Å²) in [5.74, 6) is 0.645. The summed E-state index contributed by atoms with van der Waals surface area (Å²) in [5, 5.41) is 3.32. The monoisotopic (exact) mass is 463 g/mol. The zero-order chi connectivity index (χ0) is 24.0. The van der Waals surface area contributed by atoms with Gasteiger partial charge in [0.05, 0.1) is 22.1 Å². The third kappa shape index (κ3) is 2.39. The van der Waals surface area contributed by atoms with E-state index in [1.165, 1.54) is 27.6 Å². The molecular formula is C31H21N5. The molecule has 0 saturated heterocycles. The molecule has 170 valence electrons. The highest BCUT2D eigenvalue weighted by molar-refractivity contribution is 6.19. The molecule has 0 amide bonds. The Hall–Kier alpha value is -4.64. The first kappa shape index (κ1) is 19.6. The highest BCUT2D eigenvalue weighted by atomic mass is 15.2. The van der Waals surface area contributed by atoms with Crippen molar-refractivity contribution in [1.29, 1.82) is 0 Å². The Labute approximate surface area is 207 Å². The van der Waals surface area contributed by atoms with Gasteiger partial charge >= 0.3 is 0 Å². The Morgan fingerprint density at radius 3 is 2.39 bits per heavy atom. The first-order valence-electron chi connectivity index (χ1n) is 12.2. The predicted octanol–water partition coefficient (Wildman–Crippen LogP) is 6.98. The summed E-state index contributed by atoms with van der Waals surface area (Å²) in [6.07, 6.45) is 5.41. The van der Waals surface area contributed by atoms with Gasteiger partial charge in [-0.3, -0.25) is 14.5 Å². The van der Waals surface area contributed by atoms with E-state index in [9.17, 15) is 0 Å². The van der Waals surface area contributed by atoms with Gasteiger partial charge in [0, 0.05) is 40.2 Å². The minimum atomic E-state index is -0.185. The van der Waals surface area contributed by atoms with E-state index in [1.54, 1.807) is 12.4 Å². The summed E-state index contributed by atoms with van der Waals surface area (Å²) >= 11 is 0. The average Bonchev–Trinajstić information content (AvgIpc) is 3.38. The zero-order valence-electron chi connectivity index (χ0n) is 19.9. The third-order valence-electron chi connectivity index (χ3n) is 7.72. The van der Waals surface area contributed by atoms with Crippen LogP contribution in [0.15, 0.2) is 91.4 Å². The lowest BCUT2D eigenvalue weighted by Gasteiger charge is -2.23. The number of aromatic nitrogens is 5. The fourth-order valence-electron chi connectivity index (χ4n) is 6.14. The van der Waals surface area contributed by atoms with E-state index in [-0.39, 0.29) is 5.41 Å². The number of para-hydroxylation sites is 1. The Bertz CT molecular complexity index is 2030. The van der Waals surface area contributed by atoms with Crippen LogP contribution in [0.3, 0.4) is 0 Å². The molecular weight excluding hydrogens is 442 g/mol. The molecule has 1 aliphatic carbocycles. The molecule has 0 atom stereocenters. The van der Waals surface area contributed by atoms with Crippen LogP contribution in [0.4, 0.5) is 0 Å². The second kappa shape index (κ2) is 6.73. The molecule has 8 rings (SSSR count). The van der Waals surface area contributed by atoms with Crippen molar-refractivity contribution in [2.45, 2.75) is 19.3 Å². The lowest BCUT2D eigenvalue weighted by molar-refractivity contribution is 0.663. The molecule has 5 nitrogen and oxygen atoms in total. The van der Waals surface area contributed by atoms with Crippen molar-refractivity contribution in [1.82, 2.24) is 24.5 Å². The van der Waals surface area contributed by atoms with Gasteiger partial charge in [0.2, 0.25) is 5.95 Å². The second-order valence-corrected chi connectivity index (χ2v) is 10.0. The molecule has 0 saturated carbocycles.